The minimum absolute atomic E-state index is 0.108. The number of nitrogens with one attached hydrogen (secondary N) is 2. The molecule has 1 atom stereocenters. The number of thiophene rings is 1. The van der Waals surface area contributed by atoms with Gasteiger partial charge in [0.15, 0.2) is 0 Å². The number of urea groups is 1. The number of benzene rings is 2. The number of likely N-dealkylation sites (N-methyl/N-ethyl adjacent to an activating group) is 1. The van der Waals surface area contributed by atoms with E-state index in [2.05, 4.69) is 20.5 Å². The smallest absolute Gasteiger partial charge is 0.326 e. The summed E-state index contributed by atoms with van der Waals surface area (Å²) in [7, 11) is 2.05. The second-order valence-electron chi connectivity index (χ2n) is 9.11. The van der Waals surface area contributed by atoms with Gasteiger partial charge in [-0.2, -0.15) is 0 Å². The highest BCUT2D eigenvalue weighted by Crippen LogP contribution is 2.44. The molecule has 0 bridgehead atoms. The Hall–Kier alpha value is -3.95. The Kier molecular flexibility index (Phi) is 5.79. The minimum Gasteiger partial charge on any atom is -0.457 e. The van der Waals surface area contributed by atoms with E-state index in [0.29, 0.717) is 17.1 Å². The highest BCUT2D eigenvalue weighted by atomic mass is 32.1. The molecule has 3 amide bonds. The zero-order valence-corrected chi connectivity index (χ0v) is 20.5. The topological polar surface area (TPSA) is 86.8 Å². The Labute approximate surface area is 212 Å². The quantitative estimate of drug-likeness (QED) is 0.387. The molecule has 0 radical (unpaired) electrons. The van der Waals surface area contributed by atoms with E-state index in [0.717, 1.165) is 52.5 Å². The molecule has 0 spiro atoms. The van der Waals surface area contributed by atoms with Gasteiger partial charge in [0.2, 0.25) is 0 Å². The van der Waals surface area contributed by atoms with Crippen molar-refractivity contribution in [1.29, 1.82) is 0 Å². The monoisotopic (exact) mass is 499 g/mol. The Morgan fingerprint density at radius 2 is 1.92 bits per heavy atom. The van der Waals surface area contributed by atoms with Gasteiger partial charge in [-0.1, -0.05) is 30.3 Å². The first-order valence-corrected chi connectivity index (χ1v) is 12.7. The Morgan fingerprint density at radius 1 is 1.14 bits per heavy atom. The van der Waals surface area contributed by atoms with E-state index in [1.807, 2.05) is 67.7 Å². The van der Waals surface area contributed by atoms with Gasteiger partial charge in [0.05, 0.1) is 23.3 Å². The molecule has 0 aliphatic carbocycles. The number of ether oxygens (including phenoxy) is 1. The fourth-order valence-electron chi connectivity index (χ4n) is 4.73. The largest absolute Gasteiger partial charge is 0.457 e. The number of carbonyl (C=O) groups excluding carboxylic acids is 2. The molecular weight excluding hydrogens is 474 g/mol. The Morgan fingerprint density at radius 3 is 2.67 bits per heavy atom. The van der Waals surface area contributed by atoms with Crippen molar-refractivity contribution in [1.82, 2.24) is 15.2 Å². The molecular formula is C27H25N5O3S. The summed E-state index contributed by atoms with van der Waals surface area (Å²) >= 11 is 1.31. The van der Waals surface area contributed by atoms with Gasteiger partial charge in [-0.3, -0.25) is 9.69 Å². The van der Waals surface area contributed by atoms with E-state index in [9.17, 15) is 9.59 Å². The van der Waals surface area contributed by atoms with Crippen molar-refractivity contribution in [3.8, 4) is 11.5 Å². The number of para-hydroxylation sites is 1. The van der Waals surface area contributed by atoms with Crippen molar-refractivity contribution < 1.29 is 14.3 Å². The third-order valence-electron chi connectivity index (χ3n) is 6.51. The average Bonchev–Trinajstić information content (AvgIpc) is 3.47. The number of aromatic nitrogens is 1. The van der Waals surface area contributed by atoms with Crippen LogP contribution in [0.15, 0.2) is 66.9 Å². The van der Waals surface area contributed by atoms with Crippen LogP contribution in [0.5, 0.6) is 11.5 Å². The summed E-state index contributed by atoms with van der Waals surface area (Å²) in [5, 5.41) is 6.89. The lowest BCUT2D eigenvalue weighted by Crippen LogP contribution is -2.39. The third-order valence-corrected chi connectivity index (χ3v) is 7.61. The molecule has 8 nitrogen and oxygen atoms in total. The second-order valence-corrected chi connectivity index (χ2v) is 10.1. The van der Waals surface area contributed by atoms with Crippen LogP contribution in [0.3, 0.4) is 0 Å². The number of anilines is 2. The van der Waals surface area contributed by atoms with E-state index in [4.69, 9.17) is 4.74 Å². The molecule has 4 heterocycles. The van der Waals surface area contributed by atoms with E-state index < -0.39 is 0 Å². The molecule has 36 heavy (non-hydrogen) atoms. The summed E-state index contributed by atoms with van der Waals surface area (Å²) in [4.78, 5) is 35.9. The number of likely N-dealkylation sites (tertiary alicyclic amines) is 1. The molecule has 4 aromatic rings. The number of amides is 3. The van der Waals surface area contributed by atoms with Crippen LogP contribution in [0.1, 0.15) is 21.7 Å². The van der Waals surface area contributed by atoms with Crippen LogP contribution in [-0.2, 0) is 6.54 Å². The SMILES string of the molecule is CN1CCC(NC(=O)c2sc3nccc4c3c2NC(=O)N4Cc2ccc(Oc3ccccc3)cc2)C1. The fraction of sp³-hybridized carbons (Fsp3) is 0.222. The van der Waals surface area contributed by atoms with Gasteiger partial charge in [0.25, 0.3) is 5.91 Å². The molecule has 0 saturated carbocycles. The van der Waals surface area contributed by atoms with Crippen molar-refractivity contribution in [3.05, 3.63) is 77.3 Å². The van der Waals surface area contributed by atoms with Crippen molar-refractivity contribution in [2.24, 2.45) is 0 Å². The first-order chi connectivity index (χ1) is 17.5. The molecule has 182 valence electrons. The van der Waals surface area contributed by atoms with Crippen LogP contribution >= 0.6 is 11.3 Å². The standard InChI is InChI=1S/C27H25N5O3S/c1-31-14-12-18(16-31)29-25(33)24-23-22-21(11-13-28-26(22)36-24)32(27(34)30-23)15-17-7-9-20(10-8-17)35-19-5-3-2-4-6-19/h2-11,13,18H,12,14-16H2,1H3,(H,29,33)(H,30,34). The number of nitrogens with zero attached hydrogens (tertiary/aromatic N) is 3. The molecule has 1 saturated heterocycles. The van der Waals surface area contributed by atoms with Crippen molar-refractivity contribution in [3.63, 3.8) is 0 Å². The van der Waals surface area contributed by atoms with Gasteiger partial charge in [0.1, 0.15) is 21.2 Å². The number of rotatable bonds is 6. The van der Waals surface area contributed by atoms with Gasteiger partial charge in [-0.05, 0) is 55.9 Å². The highest BCUT2D eigenvalue weighted by Gasteiger charge is 2.32. The molecule has 1 unspecified atom stereocenters. The van der Waals surface area contributed by atoms with Crippen LogP contribution in [0.4, 0.5) is 16.2 Å². The Balaban J connectivity index is 1.24. The van der Waals surface area contributed by atoms with Gasteiger partial charge >= 0.3 is 6.03 Å². The summed E-state index contributed by atoms with van der Waals surface area (Å²) in [5.74, 6) is 1.33. The second kappa shape index (κ2) is 9.25. The minimum atomic E-state index is -0.271. The Bertz CT molecular complexity index is 1440. The maximum absolute atomic E-state index is 13.2. The van der Waals surface area contributed by atoms with Gasteiger partial charge in [-0.25, -0.2) is 9.78 Å². The summed E-state index contributed by atoms with van der Waals surface area (Å²) < 4.78 is 5.88. The lowest BCUT2D eigenvalue weighted by Gasteiger charge is -2.28. The molecule has 2 aromatic heterocycles. The summed E-state index contributed by atoms with van der Waals surface area (Å²) in [5.41, 5.74) is 2.26. The predicted molar refractivity (Wildman–Crippen MR) is 141 cm³/mol. The van der Waals surface area contributed by atoms with Crippen LogP contribution in [0.2, 0.25) is 0 Å². The normalized spacial score (nSPS) is 17.3. The average molecular weight is 500 g/mol. The lowest BCUT2D eigenvalue weighted by molar-refractivity contribution is 0.0943. The molecule has 2 aliphatic heterocycles. The fourth-order valence-corrected chi connectivity index (χ4v) is 5.75. The van der Waals surface area contributed by atoms with Crippen LogP contribution in [-0.4, -0.2) is 48.0 Å². The number of hydrogen-bond acceptors (Lipinski definition) is 6. The van der Waals surface area contributed by atoms with Crippen molar-refractivity contribution in [2.45, 2.75) is 19.0 Å². The first-order valence-electron chi connectivity index (χ1n) is 11.9. The maximum Gasteiger partial charge on any atom is 0.326 e. The summed E-state index contributed by atoms with van der Waals surface area (Å²) in [6, 6.07) is 19.0. The lowest BCUT2D eigenvalue weighted by atomic mass is 10.1. The van der Waals surface area contributed by atoms with E-state index in [1.54, 1.807) is 11.1 Å². The van der Waals surface area contributed by atoms with E-state index in [-0.39, 0.29) is 18.0 Å². The van der Waals surface area contributed by atoms with Gasteiger partial charge in [-0.15, -0.1) is 11.3 Å². The van der Waals surface area contributed by atoms with Crippen LogP contribution in [0.25, 0.3) is 10.2 Å². The van der Waals surface area contributed by atoms with E-state index in [1.165, 1.54) is 11.3 Å². The van der Waals surface area contributed by atoms with Gasteiger partial charge in [0, 0.05) is 18.8 Å². The van der Waals surface area contributed by atoms with Gasteiger partial charge < -0.3 is 20.3 Å². The van der Waals surface area contributed by atoms with Crippen LogP contribution in [0, 0.1) is 0 Å². The maximum atomic E-state index is 13.2. The zero-order chi connectivity index (χ0) is 24.6. The van der Waals surface area contributed by atoms with Crippen molar-refractivity contribution in [2.75, 3.05) is 30.4 Å². The molecule has 6 rings (SSSR count). The molecule has 2 N–H and O–H groups in total. The van der Waals surface area contributed by atoms with E-state index >= 15 is 0 Å². The number of pyridine rings is 1. The number of carbonyl (C=O) groups is 2. The third kappa shape index (κ3) is 4.27. The summed E-state index contributed by atoms with van der Waals surface area (Å²) in [6.45, 7) is 2.16. The first kappa shape index (κ1) is 22.5. The van der Waals surface area contributed by atoms with Crippen molar-refractivity contribution >= 4 is 44.9 Å². The number of hydrogen-bond donors (Lipinski definition) is 2. The highest BCUT2D eigenvalue weighted by molar-refractivity contribution is 7.21. The molecule has 1 fully saturated rings. The molecule has 9 heteroatoms. The molecule has 2 aromatic carbocycles. The molecule has 2 aliphatic rings. The summed E-state index contributed by atoms with van der Waals surface area (Å²) in [6.07, 6.45) is 2.61. The zero-order valence-electron chi connectivity index (χ0n) is 19.7. The predicted octanol–water partition coefficient (Wildman–Crippen LogP) is 5.07. The van der Waals surface area contributed by atoms with Crippen LogP contribution < -0.4 is 20.3 Å².